The number of hydrogen-bond donors (Lipinski definition) is 1. The summed E-state index contributed by atoms with van der Waals surface area (Å²) in [5.41, 5.74) is 2.58. The van der Waals surface area contributed by atoms with Gasteiger partial charge in [-0.25, -0.2) is 0 Å². The number of nitrogens with one attached hydrogen (secondary N) is 1. The summed E-state index contributed by atoms with van der Waals surface area (Å²) in [6.07, 6.45) is 1.10. The minimum absolute atomic E-state index is 0.288. The van der Waals surface area contributed by atoms with E-state index < -0.39 is 0 Å². The molecule has 1 aromatic heterocycles. The van der Waals surface area contributed by atoms with Crippen LogP contribution in [0.25, 0.3) is 0 Å². The zero-order valence-corrected chi connectivity index (χ0v) is 16.7. The number of carbonyl (C=O) groups is 1. The van der Waals surface area contributed by atoms with Crippen LogP contribution in [0.5, 0.6) is 0 Å². The number of amides is 1. The number of quaternary nitrogens is 1. The van der Waals surface area contributed by atoms with E-state index in [2.05, 4.69) is 29.3 Å². The number of halogens is 1. The molecule has 138 valence electrons. The van der Waals surface area contributed by atoms with Crippen molar-refractivity contribution in [3.8, 4) is 0 Å². The maximum Gasteiger partial charge on any atom is 0.277 e. The summed E-state index contributed by atoms with van der Waals surface area (Å²) in [4.78, 5) is 20.1. The minimum atomic E-state index is 0.288. The molecular weight excluding hydrogens is 366 g/mol. The number of carbonyl (C=O) groups excluding carboxylic acids is 1. The fourth-order valence-corrected chi connectivity index (χ4v) is 5.25. The van der Waals surface area contributed by atoms with Gasteiger partial charge < -0.3 is 14.7 Å². The second-order valence-electron chi connectivity index (χ2n) is 7.20. The highest BCUT2D eigenvalue weighted by Gasteiger charge is 2.32. The molecule has 1 aromatic carbocycles. The molecule has 1 unspecified atom stereocenters. The smallest absolute Gasteiger partial charge is 0.277 e. The maximum absolute atomic E-state index is 12.8. The molecule has 0 saturated carbocycles. The lowest BCUT2D eigenvalue weighted by molar-refractivity contribution is -0.924. The van der Waals surface area contributed by atoms with Crippen LogP contribution in [-0.4, -0.2) is 50.1 Å². The van der Waals surface area contributed by atoms with E-state index in [-0.39, 0.29) is 5.91 Å². The minimum Gasteiger partial charge on any atom is -0.368 e. The van der Waals surface area contributed by atoms with Crippen molar-refractivity contribution < 1.29 is 9.69 Å². The fourth-order valence-electron chi connectivity index (χ4n) is 4.08. The van der Waals surface area contributed by atoms with Crippen molar-refractivity contribution in [2.75, 3.05) is 44.2 Å². The predicted molar refractivity (Wildman–Crippen MR) is 107 cm³/mol. The molecule has 1 saturated heterocycles. The normalized spacial score (nSPS) is 23.0. The lowest BCUT2D eigenvalue weighted by Gasteiger charge is -2.37. The summed E-state index contributed by atoms with van der Waals surface area (Å²) in [5.74, 6) is 0.288. The van der Waals surface area contributed by atoms with E-state index >= 15 is 0 Å². The second-order valence-corrected chi connectivity index (χ2v) is 8.64. The SMILES string of the molecule is C[C@@H]1c2ccsc2CC[NH+]1CC(=O)N1CCN(c2cccc(Cl)c2)CC1. The average molecular weight is 391 g/mol. The number of anilines is 1. The van der Waals surface area contributed by atoms with Crippen molar-refractivity contribution >= 4 is 34.5 Å². The number of benzene rings is 1. The summed E-state index contributed by atoms with van der Waals surface area (Å²) in [7, 11) is 0. The van der Waals surface area contributed by atoms with E-state index in [1.165, 1.54) is 15.3 Å². The first-order chi connectivity index (χ1) is 12.6. The standard InChI is InChI=1S/C20H24ClN3OS/c1-15-18-6-12-26-19(18)5-7-24(15)14-20(25)23-10-8-22(9-11-23)17-4-2-3-16(21)13-17/h2-4,6,12-13,15H,5,7-11,14H2,1H3/p+1/t15-/m1/s1. The van der Waals surface area contributed by atoms with Crippen LogP contribution in [0.4, 0.5) is 5.69 Å². The van der Waals surface area contributed by atoms with Crippen LogP contribution in [-0.2, 0) is 11.2 Å². The maximum atomic E-state index is 12.8. The van der Waals surface area contributed by atoms with Crippen LogP contribution in [0.3, 0.4) is 0 Å². The van der Waals surface area contributed by atoms with Gasteiger partial charge in [0.2, 0.25) is 0 Å². The first-order valence-corrected chi connectivity index (χ1v) is 10.6. The first kappa shape index (κ1) is 17.8. The molecule has 1 N–H and O–H groups in total. The summed E-state index contributed by atoms with van der Waals surface area (Å²) >= 11 is 7.95. The van der Waals surface area contributed by atoms with Crippen LogP contribution >= 0.6 is 22.9 Å². The molecule has 0 radical (unpaired) electrons. The molecular formula is C20H25ClN3OS+. The molecule has 0 bridgehead atoms. The van der Waals surface area contributed by atoms with Crippen LogP contribution in [0.1, 0.15) is 23.4 Å². The van der Waals surface area contributed by atoms with E-state index in [4.69, 9.17) is 11.6 Å². The zero-order chi connectivity index (χ0) is 18.1. The lowest BCUT2D eigenvalue weighted by Crippen LogP contribution is -3.14. The van der Waals surface area contributed by atoms with Crippen LogP contribution in [0.2, 0.25) is 5.02 Å². The highest BCUT2D eigenvalue weighted by atomic mass is 35.5. The molecule has 6 heteroatoms. The van der Waals surface area contributed by atoms with E-state index in [1.54, 1.807) is 0 Å². The molecule has 0 aliphatic carbocycles. The third-order valence-corrected chi connectivity index (χ3v) is 6.95. The number of nitrogens with zero attached hydrogens (tertiary/aromatic N) is 2. The van der Waals surface area contributed by atoms with Crippen molar-refractivity contribution in [2.24, 2.45) is 0 Å². The van der Waals surface area contributed by atoms with E-state index in [0.29, 0.717) is 12.6 Å². The molecule has 2 aliphatic rings. The molecule has 1 fully saturated rings. The van der Waals surface area contributed by atoms with Gasteiger partial charge in [0.25, 0.3) is 5.91 Å². The zero-order valence-electron chi connectivity index (χ0n) is 15.1. The van der Waals surface area contributed by atoms with Gasteiger partial charge in [0, 0.05) is 53.8 Å². The molecule has 4 rings (SSSR count). The molecule has 4 nitrogen and oxygen atoms in total. The van der Waals surface area contributed by atoms with Gasteiger partial charge >= 0.3 is 0 Å². The monoisotopic (exact) mass is 390 g/mol. The van der Waals surface area contributed by atoms with Crippen molar-refractivity contribution in [3.63, 3.8) is 0 Å². The molecule has 2 atom stereocenters. The largest absolute Gasteiger partial charge is 0.368 e. The third-order valence-electron chi connectivity index (χ3n) is 5.72. The van der Waals surface area contributed by atoms with Gasteiger partial charge in [0.05, 0.1) is 6.54 Å². The van der Waals surface area contributed by atoms with Crippen molar-refractivity contribution in [2.45, 2.75) is 19.4 Å². The summed E-state index contributed by atoms with van der Waals surface area (Å²) in [6, 6.07) is 10.6. The summed E-state index contributed by atoms with van der Waals surface area (Å²) in [6.45, 7) is 7.23. The Morgan fingerprint density at radius 1 is 1.27 bits per heavy atom. The predicted octanol–water partition coefficient (Wildman–Crippen LogP) is 2.25. The van der Waals surface area contributed by atoms with Gasteiger partial charge in [-0.15, -0.1) is 11.3 Å². The van der Waals surface area contributed by atoms with Crippen LogP contribution < -0.4 is 9.80 Å². The first-order valence-electron chi connectivity index (χ1n) is 9.31. The molecule has 2 aliphatic heterocycles. The van der Waals surface area contributed by atoms with Gasteiger partial charge in [-0.3, -0.25) is 4.79 Å². The molecule has 0 spiro atoms. The van der Waals surface area contributed by atoms with Crippen molar-refractivity contribution in [1.29, 1.82) is 0 Å². The number of hydrogen-bond acceptors (Lipinski definition) is 3. The second kappa shape index (κ2) is 7.59. The van der Waals surface area contributed by atoms with Gasteiger partial charge in [-0.05, 0) is 36.6 Å². The van der Waals surface area contributed by atoms with E-state index in [0.717, 1.165) is 49.9 Å². The number of fused-ring (bicyclic) bond motifs is 1. The molecule has 3 heterocycles. The molecule has 26 heavy (non-hydrogen) atoms. The Morgan fingerprint density at radius 3 is 2.85 bits per heavy atom. The van der Waals surface area contributed by atoms with Gasteiger partial charge in [-0.1, -0.05) is 17.7 Å². The number of piperazine rings is 1. The number of rotatable bonds is 3. The Bertz CT molecular complexity index is 785. The Morgan fingerprint density at radius 2 is 2.08 bits per heavy atom. The van der Waals surface area contributed by atoms with Gasteiger partial charge in [0.1, 0.15) is 6.04 Å². The summed E-state index contributed by atoms with van der Waals surface area (Å²) in [5, 5.41) is 2.94. The Balaban J connectivity index is 1.33. The fraction of sp³-hybridized carbons (Fsp3) is 0.450. The van der Waals surface area contributed by atoms with Gasteiger partial charge in [0.15, 0.2) is 6.54 Å². The average Bonchev–Trinajstić information content (AvgIpc) is 3.14. The van der Waals surface area contributed by atoms with E-state index in [1.807, 2.05) is 34.4 Å². The van der Waals surface area contributed by atoms with Crippen LogP contribution in [0.15, 0.2) is 35.7 Å². The number of thiophene rings is 1. The highest BCUT2D eigenvalue weighted by Crippen LogP contribution is 2.24. The molecule has 2 aromatic rings. The van der Waals surface area contributed by atoms with Crippen molar-refractivity contribution in [1.82, 2.24) is 4.90 Å². The highest BCUT2D eigenvalue weighted by molar-refractivity contribution is 7.10. The topological polar surface area (TPSA) is 28.0 Å². The Hall–Kier alpha value is -1.56. The third kappa shape index (κ3) is 3.61. The Kier molecular flexibility index (Phi) is 5.20. The molecule has 1 amide bonds. The summed E-state index contributed by atoms with van der Waals surface area (Å²) < 4.78 is 0. The van der Waals surface area contributed by atoms with Crippen LogP contribution in [0, 0.1) is 0 Å². The quantitative estimate of drug-likeness (QED) is 0.870. The Labute approximate surface area is 164 Å². The van der Waals surface area contributed by atoms with Crippen molar-refractivity contribution in [3.05, 3.63) is 51.2 Å². The lowest BCUT2D eigenvalue weighted by atomic mass is 10.0. The van der Waals surface area contributed by atoms with Gasteiger partial charge in [-0.2, -0.15) is 0 Å². The van der Waals surface area contributed by atoms with E-state index in [9.17, 15) is 4.79 Å².